The molecule has 0 aliphatic heterocycles. The Morgan fingerprint density at radius 2 is 1.79 bits per heavy atom. The second kappa shape index (κ2) is 8.71. The van der Waals surface area contributed by atoms with Gasteiger partial charge in [0.2, 0.25) is 0 Å². The highest BCUT2D eigenvalue weighted by molar-refractivity contribution is 5.83. The fourth-order valence-corrected chi connectivity index (χ4v) is 1.39. The Hall–Kier alpha value is -1.34. The van der Waals surface area contributed by atoms with Gasteiger partial charge in [-0.2, -0.15) is 0 Å². The van der Waals surface area contributed by atoms with E-state index in [9.17, 15) is 14.7 Å². The van der Waals surface area contributed by atoms with Gasteiger partial charge in [-0.25, -0.2) is 9.59 Å². The molecule has 7 nitrogen and oxygen atoms in total. The van der Waals surface area contributed by atoms with Crippen LogP contribution < -0.4 is 10.6 Å². The maximum atomic E-state index is 11.7. The van der Waals surface area contributed by atoms with Crippen molar-refractivity contribution in [1.82, 2.24) is 10.6 Å². The van der Waals surface area contributed by atoms with Crippen molar-refractivity contribution >= 4 is 12.0 Å². The van der Waals surface area contributed by atoms with Gasteiger partial charge in [-0.05, 0) is 19.8 Å². The lowest BCUT2D eigenvalue weighted by molar-refractivity contribution is -0.141. The summed E-state index contributed by atoms with van der Waals surface area (Å²) < 4.78 is 5.25. The van der Waals surface area contributed by atoms with E-state index in [2.05, 4.69) is 10.6 Å². The monoisotopic (exact) mass is 276 g/mol. The minimum Gasteiger partial charge on any atom is -0.480 e. The fourth-order valence-electron chi connectivity index (χ4n) is 1.39. The number of rotatable bonds is 8. The van der Waals surface area contributed by atoms with E-state index in [1.807, 2.05) is 20.8 Å². The molecule has 0 aliphatic rings. The average molecular weight is 276 g/mol. The van der Waals surface area contributed by atoms with Gasteiger partial charge < -0.3 is 25.6 Å². The molecule has 3 atom stereocenters. The van der Waals surface area contributed by atoms with Crippen LogP contribution in [-0.2, 0) is 9.53 Å². The van der Waals surface area contributed by atoms with Crippen LogP contribution in [0.25, 0.3) is 0 Å². The summed E-state index contributed by atoms with van der Waals surface area (Å²) in [5, 5.41) is 23.0. The Kier molecular flexibility index (Phi) is 8.09. The zero-order chi connectivity index (χ0) is 15.0. The highest BCUT2D eigenvalue weighted by Gasteiger charge is 2.26. The molecule has 0 rings (SSSR count). The van der Waals surface area contributed by atoms with E-state index in [4.69, 9.17) is 9.84 Å². The van der Waals surface area contributed by atoms with E-state index in [-0.39, 0.29) is 12.0 Å². The zero-order valence-electron chi connectivity index (χ0n) is 11.8. The van der Waals surface area contributed by atoms with E-state index >= 15 is 0 Å². The number of carboxylic acid groups (broad SMARTS) is 1. The molecule has 0 aromatic heterocycles. The van der Waals surface area contributed by atoms with Gasteiger partial charge in [-0.15, -0.1) is 0 Å². The highest BCUT2D eigenvalue weighted by atomic mass is 16.5. The third kappa shape index (κ3) is 6.97. The van der Waals surface area contributed by atoms with E-state index in [0.717, 1.165) is 0 Å². The lowest BCUT2D eigenvalue weighted by Gasteiger charge is -2.24. The van der Waals surface area contributed by atoms with Crippen molar-refractivity contribution in [2.24, 2.45) is 5.92 Å². The summed E-state index contributed by atoms with van der Waals surface area (Å²) in [6, 6.07) is -2.19. The van der Waals surface area contributed by atoms with Gasteiger partial charge in [0.05, 0.1) is 18.8 Å². The molecule has 0 aromatic carbocycles. The maximum Gasteiger partial charge on any atom is 0.328 e. The largest absolute Gasteiger partial charge is 0.480 e. The van der Waals surface area contributed by atoms with Crippen LogP contribution in [-0.4, -0.2) is 53.6 Å². The Morgan fingerprint density at radius 3 is 2.16 bits per heavy atom. The number of hydrogen-bond acceptors (Lipinski definition) is 4. The number of carbonyl (C=O) groups excluding carboxylic acids is 1. The van der Waals surface area contributed by atoms with Crippen molar-refractivity contribution < 1.29 is 24.5 Å². The Bertz CT molecular complexity index is 294. The Labute approximate surface area is 113 Å². The summed E-state index contributed by atoms with van der Waals surface area (Å²) in [6.07, 6.45) is -1.17. The van der Waals surface area contributed by atoms with Crippen molar-refractivity contribution in [3.05, 3.63) is 0 Å². The number of nitrogens with one attached hydrogen (secondary N) is 2. The minimum absolute atomic E-state index is 0.145. The topological polar surface area (TPSA) is 108 Å². The summed E-state index contributed by atoms with van der Waals surface area (Å²) in [5.41, 5.74) is 0. The van der Waals surface area contributed by atoms with Gasteiger partial charge in [-0.3, -0.25) is 0 Å². The molecule has 0 radical (unpaired) electrons. The standard InChI is InChI=1S/C12H24N2O5/c1-5-19-6-9(7(2)3)13-12(18)14-10(8(4)15)11(16)17/h7-10,15H,5-6H2,1-4H3,(H,16,17)(H2,13,14,18)/t8-,9?,10+/m1/s1. The number of aliphatic hydroxyl groups excluding tert-OH is 1. The molecule has 19 heavy (non-hydrogen) atoms. The van der Waals surface area contributed by atoms with Crippen LogP contribution in [0.3, 0.4) is 0 Å². The molecule has 0 spiro atoms. The molecule has 0 aliphatic carbocycles. The van der Waals surface area contributed by atoms with Gasteiger partial charge in [-0.1, -0.05) is 13.8 Å². The lowest BCUT2D eigenvalue weighted by Crippen LogP contribution is -2.54. The first-order chi connectivity index (χ1) is 8.79. The van der Waals surface area contributed by atoms with Gasteiger partial charge in [0.15, 0.2) is 6.04 Å². The third-order valence-electron chi connectivity index (χ3n) is 2.66. The van der Waals surface area contributed by atoms with E-state index in [1.54, 1.807) is 0 Å². The fraction of sp³-hybridized carbons (Fsp3) is 0.833. The number of aliphatic hydroxyl groups is 1. The van der Waals surface area contributed by atoms with Crippen LogP contribution in [0.1, 0.15) is 27.7 Å². The van der Waals surface area contributed by atoms with Gasteiger partial charge in [0.25, 0.3) is 0 Å². The van der Waals surface area contributed by atoms with Crippen molar-refractivity contribution in [2.45, 2.75) is 45.9 Å². The van der Waals surface area contributed by atoms with Crippen molar-refractivity contribution in [1.29, 1.82) is 0 Å². The number of hydrogen-bond donors (Lipinski definition) is 4. The van der Waals surface area contributed by atoms with Crippen LogP contribution in [0, 0.1) is 5.92 Å². The van der Waals surface area contributed by atoms with Crippen LogP contribution in [0.15, 0.2) is 0 Å². The molecule has 2 amide bonds. The molecular weight excluding hydrogens is 252 g/mol. The van der Waals surface area contributed by atoms with E-state index in [0.29, 0.717) is 13.2 Å². The normalized spacial score (nSPS) is 15.7. The summed E-state index contributed by atoms with van der Waals surface area (Å²) in [4.78, 5) is 22.5. The van der Waals surface area contributed by atoms with Crippen molar-refractivity contribution in [3.8, 4) is 0 Å². The number of ether oxygens (including phenoxy) is 1. The predicted octanol–water partition coefficient (Wildman–Crippen LogP) is 0.181. The minimum atomic E-state index is -1.33. The summed E-state index contributed by atoms with van der Waals surface area (Å²) in [7, 11) is 0. The molecule has 112 valence electrons. The van der Waals surface area contributed by atoms with Crippen LogP contribution in [0.5, 0.6) is 0 Å². The smallest absolute Gasteiger partial charge is 0.328 e. The van der Waals surface area contributed by atoms with Crippen molar-refractivity contribution in [2.75, 3.05) is 13.2 Å². The van der Waals surface area contributed by atoms with Gasteiger partial charge >= 0.3 is 12.0 Å². The predicted molar refractivity (Wildman–Crippen MR) is 69.9 cm³/mol. The van der Waals surface area contributed by atoms with Gasteiger partial charge in [0, 0.05) is 6.61 Å². The SMILES string of the molecule is CCOCC(NC(=O)N[C@H](C(=O)O)[C@@H](C)O)C(C)C. The Balaban J connectivity index is 4.43. The zero-order valence-corrected chi connectivity index (χ0v) is 11.8. The molecule has 0 fully saturated rings. The van der Waals surface area contributed by atoms with E-state index in [1.165, 1.54) is 6.92 Å². The molecule has 1 unspecified atom stereocenters. The second-order valence-electron chi connectivity index (χ2n) is 4.68. The van der Waals surface area contributed by atoms with Crippen LogP contribution in [0.4, 0.5) is 4.79 Å². The summed E-state index contributed by atoms with van der Waals surface area (Å²) >= 11 is 0. The van der Waals surface area contributed by atoms with E-state index < -0.39 is 24.1 Å². The molecule has 0 heterocycles. The number of aliphatic carboxylic acids is 1. The second-order valence-corrected chi connectivity index (χ2v) is 4.68. The van der Waals surface area contributed by atoms with Crippen molar-refractivity contribution in [3.63, 3.8) is 0 Å². The first-order valence-corrected chi connectivity index (χ1v) is 6.35. The molecule has 0 bridgehead atoms. The molecule has 0 saturated heterocycles. The first kappa shape index (κ1) is 17.7. The molecule has 4 N–H and O–H groups in total. The van der Waals surface area contributed by atoms with Crippen LogP contribution in [0.2, 0.25) is 0 Å². The number of carbonyl (C=O) groups is 2. The molecule has 0 saturated carbocycles. The average Bonchev–Trinajstić information content (AvgIpc) is 2.30. The summed E-state index contributed by atoms with van der Waals surface area (Å²) in [6.45, 7) is 7.90. The third-order valence-corrected chi connectivity index (χ3v) is 2.66. The molecular formula is C12H24N2O5. The molecule has 7 heteroatoms. The van der Waals surface area contributed by atoms with Crippen LogP contribution >= 0.6 is 0 Å². The quantitative estimate of drug-likeness (QED) is 0.506. The first-order valence-electron chi connectivity index (χ1n) is 6.35. The maximum absolute atomic E-state index is 11.7. The number of urea groups is 1. The number of carboxylic acids is 1. The Morgan fingerprint density at radius 1 is 1.21 bits per heavy atom. The molecule has 0 aromatic rings. The summed E-state index contributed by atoms with van der Waals surface area (Å²) in [5.74, 6) is -1.14. The lowest BCUT2D eigenvalue weighted by atomic mass is 10.1. The van der Waals surface area contributed by atoms with Gasteiger partial charge in [0.1, 0.15) is 0 Å². The highest BCUT2D eigenvalue weighted by Crippen LogP contribution is 2.02. The number of amides is 2.